The van der Waals surface area contributed by atoms with Crippen LogP contribution in [0.2, 0.25) is 0 Å². The third-order valence-corrected chi connectivity index (χ3v) is 5.26. The van der Waals surface area contributed by atoms with Crippen LogP contribution in [-0.4, -0.2) is 60.5 Å². The van der Waals surface area contributed by atoms with Crippen LogP contribution < -0.4 is 10.2 Å². The Balaban J connectivity index is 1.50. The Morgan fingerprint density at radius 1 is 1.23 bits per heavy atom. The molecule has 8 nitrogen and oxygen atoms in total. The van der Waals surface area contributed by atoms with Gasteiger partial charge in [0.05, 0.1) is 24.5 Å². The van der Waals surface area contributed by atoms with Crippen molar-refractivity contribution in [1.29, 1.82) is 5.41 Å². The average molecular weight is 419 g/mol. The number of fused-ring (bicyclic) bond motifs is 1. The Morgan fingerprint density at radius 2 is 1.97 bits per heavy atom. The van der Waals surface area contributed by atoms with Gasteiger partial charge < -0.3 is 25.3 Å². The summed E-state index contributed by atoms with van der Waals surface area (Å²) in [5.41, 5.74) is 4.03. The number of nitrogens with one attached hydrogen (secondary N) is 3. The van der Waals surface area contributed by atoms with Gasteiger partial charge in [-0.3, -0.25) is 9.79 Å². The number of Topliss-reactive ketones (excluding diaryl/α,β-unsaturated/α-hetero) is 1. The number of hydrogen-bond acceptors (Lipinski definition) is 7. The number of aromatic nitrogens is 2. The first kappa shape index (κ1) is 20.7. The number of aromatic amines is 1. The van der Waals surface area contributed by atoms with Crippen molar-refractivity contribution in [2.24, 2.45) is 4.99 Å². The molecular formula is C23H26N6O2. The summed E-state index contributed by atoms with van der Waals surface area (Å²) in [5.74, 6) is 0.508. The Bertz CT molecular complexity index is 1130. The Kier molecular flexibility index (Phi) is 6.08. The van der Waals surface area contributed by atoms with Gasteiger partial charge in [0.2, 0.25) is 5.78 Å². The van der Waals surface area contributed by atoms with Gasteiger partial charge in [-0.15, -0.1) is 0 Å². The third-order valence-electron chi connectivity index (χ3n) is 5.26. The van der Waals surface area contributed by atoms with E-state index < -0.39 is 0 Å². The van der Waals surface area contributed by atoms with E-state index >= 15 is 0 Å². The molecule has 0 bridgehead atoms. The molecule has 1 aliphatic heterocycles. The molecule has 0 atom stereocenters. The van der Waals surface area contributed by atoms with Crippen molar-refractivity contribution in [1.82, 2.24) is 9.97 Å². The molecule has 160 valence electrons. The summed E-state index contributed by atoms with van der Waals surface area (Å²) < 4.78 is 5.41. The van der Waals surface area contributed by atoms with E-state index in [1.54, 1.807) is 20.2 Å². The van der Waals surface area contributed by atoms with Gasteiger partial charge in [0.25, 0.3) is 0 Å². The number of anilines is 3. The molecule has 3 aromatic rings. The van der Waals surface area contributed by atoms with Gasteiger partial charge in [0, 0.05) is 55.2 Å². The van der Waals surface area contributed by atoms with Crippen molar-refractivity contribution < 1.29 is 9.53 Å². The van der Waals surface area contributed by atoms with Gasteiger partial charge in [0.15, 0.2) is 0 Å². The maximum Gasteiger partial charge on any atom is 0.209 e. The van der Waals surface area contributed by atoms with Crippen LogP contribution in [0.5, 0.6) is 0 Å². The van der Waals surface area contributed by atoms with Crippen LogP contribution in [0.15, 0.2) is 47.6 Å². The molecule has 1 aromatic carbocycles. The molecule has 0 spiro atoms. The van der Waals surface area contributed by atoms with Crippen molar-refractivity contribution in [3.05, 3.63) is 48.2 Å². The summed E-state index contributed by atoms with van der Waals surface area (Å²) in [6.07, 6.45) is 1.90. The second-order valence-corrected chi connectivity index (χ2v) is 7.52. The van der Waals surface area contributed by atoms with Crippen LogP contribution >= 0.6 is 0 Å². The molecule has 8 heteroatoms. The Labute approximate surface area is 180 Å². The zero-order valence-corrected chi connectivity index (χ0v) is 17.7. The molecule has 0 aliphatic carbocycles. The smallest absolute Gasteiger partial charge is 0.209 e. The summed E-state index contributed by atoms with van der Waals surface area (Å²) in [6, 6.07) is 12.0. The maximum atomic E-state index is 12.8. The first-order valence-electron chi connectivity index (χ1n) is 10.3. The minimum Gasteiger partial charge on any atom is -0.378 e. The molecule has 3 heterocycles. The summed E-state index contributed by atoms with van der Waals surface area (Å²) >= 11 is 0. The van der Waals surface area contributed by atoms with Crippen LogP contribution in [0.3, 0.4) is 0 Å². The van der Waals surface area contributed by atoms with Gasteiger partial charge in [-0.1, -0.05) is 0 Å². The lowest BCUT2D eigenvalue weighted by Crippen LogP contribution is -2.36. The largest absolute Gasteiger partial charge is 0.378 e. The molecule has 4 rings (SSSR count). The Morgan fingerprint density at radius 3 is 2.65 bits per heavy atom. The lowest BCUT2D eigenvalue weighted by atomic mass is 10.0. The van der Waals surface area contributed by atoms with E-state index in [0.29, 0.717) is 28.5 Å². The number of aliphatic imine (C=N–C) groups is 1. The number of ketones is 1. The molecule has 2 aromatic heterocycles. The Hall–Kier alpha value is -3.52. The highest BCUT2D eigenvalue weighted by Crippen LogP contribution is 2.24. The van der Waals surface area contributed by atoms with E-state index in [1.807, 2.05) is 24.3 Å². The number of benzene rings is 1. The standard InChI is InChI=1S/C23H26N6O2/c1-15(24)13-20(25-2)22(30)19-14-26-23-18(19)7-8-21(28-23)27-16-3-5-17(6-4-16)29-9-11-31-12-10-29/h3-8,14,24H,9-13H2,1-2H3,(H2,26,27,28). The number of ether oxygens (including phenoxy) is 1. The highest BCUT2D eigenvalue weighted by molar-refractivity contribution is 6.50. The SMILES string of the molecule is CN=C(CC(C)=N)C(=O)c1c[nH]c2nc(Nc3ccc(N4CCOCC4)cc3)ccc12. The third kappa shape index (κ3) is 4.64. The fourth-order valence-electron chi connectivity index (χ4n) is 3.65. The number of carbonyl (C=O) groups is 1. The van der Waals surface area contributed by atoms with Gasteiger partial charge in [-0.05, 0) is 43.3 Å². The predicted octanol–water partition coefficient (Wildman–Crippen LogP) is 3.83. The lowest BCUT2D eigenvalue weighted by molar-refractivity contribution is 0.106. The van der Waals surface area contributed by atoms with Crippen LogP contribution in [0, 0.1) is 5.41 Å². The second-order valence-electron chi connectivity index (χ2n) is 7.52. The minimum absolute atomic E-state index is 0.179. The zero-order valence-electron chi connectivity index (χ0n) is 17.7. The van der Waals surface area contributed by atoms with Gasteiger partial charge in [-0.25, -0.2) is 4.98 Å². The van der Waals surface area contributed by atoms with Crippen molar-refractivity contribution in [2.45, 2.75) is 13.3 Å². The fourth-order valence-corrected chi connectivity index (χ4v) is 3.65. The van der Waals surface area contributed by atoms with Crippen molar-refractivity contribution in [3.8, 4) is 0 Å². The normalized spacial score (nSPS) is 14.6. The van der Waals surface area contributed by atoms with Gasteiger partial charge >= 0.3 is 0 Å². The monoisotopic (exact) mass is 418 g/mol. The van der Waals surface area contributed by atoms with Gasteiger partial charge in [0.1, 0.15) is 11.5 Å². The number of H-pyrrole nitrogens is 1. The molecule has 0 saturated carbocycles. The molecule has 0 radical (unpaired) electrons. The molecule has 1 saturated heterocycles. The van der Waals surface area contributed by atoms with E-state index in [1.165, 1.54) is 5.69 Å². The predicted molar refractivity (Wildman–Crippen MR) is 125 cm³/mol. The van der Waals surface area contributed by atoms with Crippen molar-refractivity contribution in [3.63, 3.8) is 0 Å². The second kappa shape index (κ2) is 9.09. The number of pyridine rings is 1. The van der Waals surface area contributed by atoms with E-state index in [4.69, 9.17) is 10.1 Å². The molecule has 31 heavy (non-hydrogen) atoms. The van der Waals surface area contributed by atoms with E-state index in [0.717, 1.165) is 37.4 Å². The van der Waals surface area contributed by atoms with Gasteiger partial charge in [-0.2, -0.15) is 0 Å². The van der Waals surface area contributed by atoms with Crippen LogP contribution in [0.25, 0.3) is 11.0 Å². The highest BCUT2D eigenvalue weighted by Gasteiger charge is 2.19. The first-order valence-corrected chi connectivity index (χ1v) is 10.3. The number of nitrogens with zero attached hydrogens (tertiary/aromatic N) is 3. The zero-order chi connectivity index (χ0) is 21.8. The fraction of sp³-hybridized carbons (Fsp3) is 0.304. The van der Waals surface area contributed by atoms with E-state index in [-0.39, 0.29) is 12.2 Å². The van der Waals surface area contributed by atoms with Crippen molar-refractivity contribution >= 4 is 45.4 Å². The molecule has 1 aliphatic rings. The van der Waals surface area contributed by atoms with E-state index in [9.17, 15) is 4.79 Å². The molecule has 0 amide bonds. The number of morpholine rings is 1. The molecule has 3 N–H and O–H groups in total. The molecule has 1 fully saturated rings. The van der Waals surface area contributed by atoms with Crippen LogP contribution in [0.4, 0.5) is 17.2 Å². The topological polar surface area (TPSA) is 106 Å². The highest BCUT2D eigenvalue weighted by atomic mass is 16.5. The van der Waals surface area contributed by atoms with E-state index in [2.05, 4.69) is 37.3 Å². The maximum absolute atomic E-state index is 12.8. The minimum atomic E-state index is -0.179. The average Bonchev–Trinajstić information content (AvgIpc) is 3.21. The number of rotatable bonds is 7. The summed E-state index contributed by atoms with van der Waals surface area (Å²) in [5, 5.41) is 11.7. The van der Waals surface area contributed by atoms with Crippen LogP contribution in [-0.2, 0) is 4.74 Å². The number of carbonyl (C=O) groups excluding carboxylic acids is 1. The quantitative estimate of drug-likeness (QED) is 0.399. The molecule has 0 unspecified atom stereocenters. The molecular weight excluding hydrogens is 392 g/mol. The summed E-state index contributed by atoms with van der Waals surface area (Å²) in [4.78, 5) is 26.9. The summed E-state index contributed by atoms with van der Waals surface area (Å²) in [7, 11) is 1.58. The van der Waals surface area contributed by atoms with Crippen molar-refractivity contribution in [2.75, 3.05) is 43.6 Å². The summed E-state index contributed by atoms with van der Waals surface area (Å²) in [6.45, 7) is 5.00. The lowest BCUT2D eigenvalue weighted by Gasteiger charge is -2.28. The number of hydrogen-bond donors (Lipinski definition) is 3. The first-order chi connectivity index (χ1) is 15.0. The van der Waals surface area contributed by atoms with Crippen LogP contribution in [0.1, 0.15) is 23.7 Å².